The molecule has 0 atom stereocenters. The number of ketones is 1. The van der Waals surface area contributed by atoms with E-state index in [9.17, 15) is 13.2 Å². The van der Waals surface area contributed by atoms with E-state index < -0.39 is 20.6 Å². The van der Waals surface area contributed by atoms with Crippen molar-refractivity contribution in [2.75, 3.05) is 0 Å². The van der Waals surface area contributed by atoms with Gasteiger partial charge in [0.25, 0.3) is 0 Å². The molecule has 4 nitrogen and oxygen atoms in total. The summed E-state index contributed by atoms with van der Waals surface area (Å²) in [6, 6.07) is 5.92. The quantitative estimate of drug-likeness (QED) is 0.845. The van der Waals surface area contributed by atoms with Gasteiger partial charge in [-0.15, -0.1) is 0 Å². The van der Waals surface area contributed by atoms with Crippen molar-refractivity contribution in [2.45, 2.75) is 43.4 Å². The van der Waals surface area contributed by atoms with Crippen molar-refractivity contribution in [1.29, 1.82) is 0 Å². The van der Waals surface area contributed by atoms with Gasteiger partial charge in [0.2, 0.25) is 0 Å². The Balaban J connectivity index is 3.13. The number of rotatable bonds is 4. The zero-order valence-electron chi connectivity index (χ0n) is 11.1. The molecule has 0 aromatic heterocycles. The number of carbonyl (C=O) groups is 1. The van der Waals surface area contributed by atoms with Crippen LogP contribution in [-0.2, 0) is 9.84 Å². The first-order valence-corrected chi connectivity index (χ1v) is 7.29. The first-order chi connectivity index (χ1) is 8.06. The minimum absolute atomic E-state index is 0.212. The molecule has 0 unspecified atom stereocenters. The zero-order valence-corrected chi connectivity index (χ0v) is 11.9. The van der Waals surface area contributed by atoms with Crippen LogP contribution in [0.2, 0.25) is 0 Å². The lowest BCUT2D eigenvalue weighted by Crippen LogP contribution is -2.41. The molecule has 0 heterocycles. The van der Waals surface area contributed by atoms with Gasteiger partial charge in [-0.2, -0.15) is 0 Å². The number of sulfone groups is 1. The Morgan fingerprint density at radius 2 is 1.61 bits per heavy atom. The van der Waals surface area contributed by atoms with Crippen molar-refractivity contribution in [1.82, 2.24) is 0 Å². The summed E-state index contributed by atoms with van der Waals surface area (Å²) in [5.74, 6) is -0.212. The van der Waals surface area contributed by atoms with Crippen molar-refractivity contribution in [3.05, 3.63) is 29.8 Å². The van der Waals surface area contributed by atoms with E-state index in [-0.39, 0.29) is 10.7 Å². The summed E-state index contributed by atoms with van der Waals surface area (Å²) in [5.41, 5.74) is 5.18. The fourth-order valence-electron chi connectivity index (χ4n) is 1.44. The highest BCUT2D eigenvalue weighted by Crippen LogP contribution is 2.18. The molecular formula is C13H19NO3S. The summed E-state index contributed by atoms with van der Waals surface area (Å²) in [6.07, 6.45) is 0. The molecule has 0 saturated carbocycles. The molecule has 2 N–H and O–H groups in total. The van der Waals surface area contributed by atoms with E-state index in [1.165, 1.54) is 24.3 Å². The molecule has 0 fully saturated rings. The summed E-state index contributed by atoms with van der Waals surface area (Å²) in [7, 11) is -3.30. The Kier molecular flexibility index (Phi) is 3.98. The summed E-state index contributed by atoms with van der Waals surface area (Å²) in [4.78, 5) is 12.1. The van der Waals surface area contributed by atoms with Gasteiger partial charge >= 0.3 is 0 Å². The van der Waals surface area contributed by atoms with Crippen molar-refractivity contribution in [3.8, 4) is 0 Å². The van der Waals surface area contributed by atoms with Crippen LogP contribution in [-0.4, -0.2) is 25.0 Å². The zero-order chi connectivity index (χ0) is 14.1. The van der Waals surface area contributed by atoms with Crippen molar-refractivity contribution in [2.24, 2.45) is 5.73 Å². The highest BCUT2D eigenvalue weighted by Gasteiger charge is 2.24. The minimum atomic E-state index is -3.30. The second kappa shape index (κ2) is 4.82. The van der Waals surface area contributed by atoms with Gasteiger partial charge in [0.1, 0.15) is 0 Å². The molecule has 5 heteroatoms. The van der Waals surface area contributed by atoms with Gasteiger partial charge < -0.3 is 5.73 Å². The lowest BCUT2D eigenvalue weighted by atomic mass is 9.95. The summed E-state index contributed by atoms with van der Waals surface area (Å²) in [6.45, 7) is 6.48. The van der Waals surface area contributed by atoms with Crippen molar-refractivity contribution in [3.63, 3.8) is 0 Å². The summed E-state index contributed by atoms with van der Waals surface area (Å²) in [5, 5.41) is -0.481. The second-order valence-corrected chi connectivity index (χ2v) is 7.67. The molecule has 0 amide bonds. The second-order valence-electron chi connectivity index (χ2n) is 5.17. The molecule has 0 saturated heterocycles. The lowest BCUT2D eigenvalue weighted by molar-refractivity contribution is 0.0913. The minimum Gasteiger partial charge on any atom is -0.319 e. The molecule has 1 rings (SSSR count). The maximum absolute atomic E-state index is 11.9. The first kappa shape index (κ1) is 14.9. The van der Waals surface area contributed by atoms with Gasteiger partial charge in [-0.3, -0.25) is 4.79 Å². The molecule has 18 heavy (non-hydrogen) atoms. The Labute approximate surface area is 108 Å². The van der Waals surface area contributed by atoms with Crippen LogP contribution in [0.5, 0.6) is 0 Å². The number of hydrogen-bond donors (Lipinski definition) is 1. The highest BCUT2D eigenvalue weighted by atomic mass is 32.2. The Hall–Kier alpha value is -1.20. The fourth-order valence-corrected chi connectivity index (χ4v) is 2.50. The van der Waals surface area contributed by atoms with Crippen LogP contribution in [0.4, 0.5) is 0 Å². The van der Waals surface area contributed by atoms with Crippen LogP contribution in [0, 0.1) is 0 Å². The maximum atomic E-state index is 11.9. The number of Topliss-reactive ketones (excluding diaryl/α,β-unsaturated/α-hetero) is 1. The number of nitrogens with two attached hydrogens (primary N) is 1. The molecule has 0 aliphatic rings. The number of benzene rings is 1. The van der Waals surface area contributed by atoms with Gasteiger partial charge in [0.15, 0.2) is 15.6 Å². The highest BCUT2D eigenvalue weighted by molar-refractivity contribution is 7.92. The molecule has 100 valence electrons. The molecular weight excluding hydrogens is 250 g/mol. The fraction of sp³-hybridized carbons (Fsp3) is 0.462. The van der Waals surface area contributed by atoms with Crippen LogP contribution < -0.4 is 5.73 Å². The molecule has 1 aromatic carbocycles. The molecule has 0 bridgehead atoms. The van der Waals surface area contributed by atoms with E-state index in [1.54, 1.807) is 27.7 Å². The predicted octanol–water partition coefficient (Wildman–Crippen LogP) is 1.79. The molecule has 0 spiro atoms. The van der Waals surface area contributed by atoms with Gasteiger partial charge in [-0.1, -0.05) is 12.1 Å². The SMILES string of the molecule is CC(C)S(=O)(=O)c1ccc(C(=O)C(C)(C)N)cc1. The van der Waals surface area contributed by atoms with Gasteiger partial charge in [0.05, 0.1) is 15.7 Å². The van der Waals surface area contributed by atoms with E-state index in [0.717, 1.165) is 0 Å². The van der Waals surface area contributed by atoms with Crippen LogP contribution in [0.25, 0.3) is 0 Å². The maximum Gasteiger partial charge on any atom is 0.182 e. The monoisotopic (exact) mass is 269 g/mol. The molecule has 0 aliphatic carbocycles. The summed E-state index contributed by atoms with van der Waals surface area (Å²) < 4.78 is 23.8. The Bertz CT molecular complexity index is 537. The van der Waals surface area contributed by atoms with Gasteiger partial charge in [-0.05, 0) is 39.8 Å². The van der Waals surface area contributed by atoms with Crippen molar-refractivity contribution < 1.29 is 13.2 Å². The van der Waals surface area contributed by atoms with Crippen LogP contribution >= 0.6 is 0 Å². The van der Waals surface area contributed by atoms with E-state index in [1.807, 2.05) is 0 Å². The third-order valence-electron chi connectivity index (χ3n) is 2.65. The van der Waals surface area contributed by atoms with E-state index in [0.29, 0.717) is 5.56 Å². The van der Waals surface area contributed by atoms with Crippen LogP contribution in [0.3, 0.4) is 0 Å². The molecule has 0 aliphatic heterocycles. The van der Waals surface area contributed by atoms with E-state index in [4.69, 9.17) is 5.73 Å². The third-order valence-corrected chi connectivity index (χ3v) is 4.82. The molecule has 1 aromatic rings. The number of hydrogen-bond acceptors (Lipinski definition) is 4. The number of carbonyl (C=O) groups excluding carboxylic acids is 1. The lowest BCUT2D eigenvalue weighted by Gasteiger charge is -2.17. The van der Waals surface area contributed by atoms with Crippen LogP contribution in [0.1, 0.15) is 38.1 Å². The standard InChI is InChI=1S/C13H19NO3S/c1-9(2)18(16,17)11-7-5-10(6-8-11)12(15)13(3,4)14/h5-9H,14H2,1-4H3. The average molecular weight is 269 g/mol. The molecule has 0 radical (unpaired) electrons. The topological polar surface area (TPSA) is 77.2 Å². The average Bonchev–Trinajstić information content (AvgIpc) is 2.26. The van der Waals surface area contributed by atoms with E-state index in [2.05, 4.69) is 0 Å². The van der Waals surface area contributed by atoms with Crippen LogP contribution in [0.15, 0.2) is 29.2 Å². The normalized spacial score (nSPS) is 12.8. The Morgan fingerprint density at radius 1 is 1.17 bits per heavy atom. The largest absolute Gasteiger partial charge is 0.319 e. The third kappa shape index (κ3) is 2.97. The van der Waals surface area contributed by atoms with Gasteiger partial charge in [0, 0.05) is 5.56 Å². The predicted molar refractivity (Wildman–Crippen MR) is 71.4 cm³/mol. The Morgan fingerprint density at radius 3 is 1.94 bits per heavy atom. The van der Waals surface area contributed by atoms with Crippen molar-refractivity contribution >= 4 is 15.6 Å². The smallest absolute Gasteiger partial charge is 0.182 e. The van der Waals surface area contributed by atoms with E-state index >= 15 is 0 Å². The van der Waals surface area contributed by atoms with Gasteiger partial charge in [-0.25, -0.2) is 8.42 Å². The summed E-state index contributed by atoms with van der Waals surface area (Å²) >= 11 is 0. The first-order valence-electron chi connectivity index (χ1n) is 5.74.